The van der Waals surface area contributed by atoms with E-state index in [1.807, 2.05) is 18.2 Å². The number of halogens is 1. The minimum atomic E-state index is -0.934. The number of carbonyl (C=O) groups excluding carboxylic acids is 1. The lowest BCUT2D eigenvalue weighted by molar-refractivity contribution is -0.122. The van der Waals surface area contributed by atoms with E-state index in [1.165, 1.54) is 11.6 Å². The fraction of sp³-hybridized carbons (Fsp3) is 0.235. The number of hydrogen-bond donors (Lipinski definition) is 2. The van der Waals surface area contributed by atoms with Gasteiger partial charge in [0.1, 0.15) is 11.4 Å². The number of hydrogen-bond acceptors (Lipinski definition) is 2. The van der Waals surface area contributed by atoms with Crippen LogP contribution in [-0.2, 0) is 17.6 Å². The van der Waals surface area contributed by atoms with Crippen LogP contribution in [0.15, 0.2) is 48.5 Å². The highest BCUT2D eigenvalue weighted by atomic mass is 19.1. The Labute approximate surface area is 123 Å². The van der Waals surface area contributed by atoms with E-state index in [4.69, 9.17) is 5.73 Å². The summed E-state index contributed by atoms with van der Waals surface area (Å²) in [5.41, 5.74) is 7.33. The van der Waals surface area contributed by atoms with E-state index in [0.29, 0.717) is 18.5 Å². The van der Waals surface area contributed by atoms with Crippen LogP contribution in [0.1, 0.15) is 17.5 Å². The Hall–Kier alpha value is -2.36. The first-order valence-corrected chi connectivity index (χ1v) is 7.00. The summed E-state index contributed by atoms with van der Waals surface area (Å²) in [5, 5.41) is 3.05. The fourth-order valence-corrected chi connectivity index (χ4v) is 2.93. The predicted octanol–water partition coefficient (Wildman–Crippen LogP) is 2.65. The zero-order valence-electron chi connectivity index (χ0n) is 11.6. The molecule has 3 rings (SSSR count). The number of nitrogens with two attached hydrogens (primary N) is 1. The van der Waals surface area contributed by atoms with Gasteiger partial charge < -0.3 is 11.1 Å². The van der Waals surface area contributed by atoms with Gasteiger partial charge in [-0.25, -0.2) is 4.39 Å². The Morgan fingerprint density at radius 1 is 1.10 bits per heavy atom. The topological polar surface area (TPSA) is 55.1 Å². The van der Waals surface area contributed by atoms with Gasteiger partial charge in [-0.1, -0.05) is 36.4 Å². The van der Waals surface area contributed by atoms with Crippen molar-refractivity contribution < 1.29 is 9.18 Å². The maximum absolute atomic E-state index is 13.9. The standard InChI is InChI=1S/C17H17FN2O/c18-14-7-3-4-8-15(14)20-17(16(19)21)10-9-12-5-1-2-6-13(12)11-17/h1-8,20H,9-11H2,(H2,19,21). The van der Waals surface area contributed by atoms with Gasteiger partial charge in [0.05, 0.1) is 5.69 Å². The number of nitrogens with one attached hydrogen (secondary N) is 1. The van der Waals surface area contributed by atoms with Crippen molar-refractivity contribution in [1.29, 1.82) is 0 Å². The number of amides is 1. The lowest BCUT2D eigenvalue weighted by Crippen LogP contribution is -2.54. The molecule has 3 nitrogen and oxygen atoms in total. The Kier molecular flexibility index (Phi) is 3.37. The van der Waals surface area contributed by atoms with Gasteiger partial charge in [0.25, 0.3) is 0 Å². The highest BCUT2D eigenvalue weighted by Gasteiger charge is 2.40. The Balaban J connectivity index is 1.96. The van der Waals surface area contributed by atoms with Crippen molar-refractivity contribution >= 4 is 11.6 Å². The molecule has 108 valence electrons. The third-order valence-corrected chi connectivity index (χ3v) is 4.15. The molecule has 1 amide bonds. The normalized spacial score (nSPS) is 20.6. The number of primary amides is 1. The van der Waals surface area contributed by atoms with E-state index in [2.05, 4.69) is 11.4 Å². The summed E-state index contributed by atoms with van der Waals surface area (Å²) in [6.45, 7) is 0. The summed E-state index contributed by atoms with van der Waals surface area (Å²) in [4.78, 5) is 12.0. The molecule has 0 aliphatic heterocycles. The maximum Gasteiger partial charge on any atom is 0.243 e. The average Bonchev–Trinajstić information content (AvgIpc) is 2.49. The number of fused-ring (bicyclic) bond motifs is 1. The summed E-state index contributed by atoms with van der Waals surface area (Å²) in [6, 6.07) is 14.3. The largest absolute Gasteiger partial charge is 0.369 e. The van der Waals surface area contributed by atoms with Crippen molar-refractivity contribution in [1.82, 2.24) is 0 Å². The van der Waals surface area contributed by atoms with Crippen molar-refractivity contribution in [2.75, 3.05) is 5.32 Å². The highest BCUT2D eigenvalue weighted by Crippen LogP contribution is 2.32. The molecule has 3 N–H and O–H groups in total. The third kappa shape index (κ3) is 2.49. The molecule has 1 unspecified atom stereocenters. The van der Waals surface area contributed by atoms with Crippen molar-refractivity contribution in [2.45, 2.75) is 24.8 Å². The minimum Gasteiger partial charge on any atom is -0.369 e. The molecule has 0 aromatic heterocycles. The second kappa shape index (κ2) is 5.20. The molecule has 21 heavy (non-hydrogen) atoms. The van der Waals surface area contributed by atoms with Crippen molar-refractivity contribution in [3.8, 4) is 0 Å². The smallest absolute Gasteiger partial charge is 0.243 e. The van der Waals surface area contributed by atoms with Gasteiger partial charge in [-0.2, -0.15) is 0 Å². The van der Waals surface area contributed by atoms with Gasteiger partial charge in [0.15, 0.2) is 0 Å². The lowest BCUT2D eigenvalue weighted by atomic mass is 9.77. The van der Waals surface area contributed by atoms with Crippen LogP contribution < -0.4 is 11.1 Å². The molecule has 2 aromatic rings. The summed E-state index contributed by atoms with van der Waals surface area (Å²) < 4.78 is 13.9. The van der Waals surface area contributed by atoms with E-state index < -0.39 is 11.4 Å². The highest BCUT2D eigenvalue weighted by molar-refractivity contribution is 5.89. The number of aryl methyl sites for hydroxylation is 1. The molecule has 4 heteroatoms. The second-order valence-corrected chi connectivity index (χ2v) is 5.50. The van der Waals surface area contributed by atoms with Crippen LogP contribution in [0.2, 0.25) is 0 Å². The number of rotatable bonds is 3. The van der Waals surface area contributed by atoms with Gasteiger partial charge in [-0.05, 0) is 36.1 Å². The summed E-state index contributed by atoms with van der Waals surface area (Å²) in [6.07, 6.45) is 1.79. The van der Waals surface area contributed by atoms with Crippen LogP contribution >= 0.6 is 0 Å². The van der Waals surface area contributed by atoms with Crippen LogP contribution in [0.4, 0.5) is 10.1 Å². The van der Waals surface area contributed by atoms with Gasteiger partial charge in [-0.3, -0.25) is 4.79 Å². The molecule has 0 spiro atoms. The molecule has 1 aliphatic rings. The average molecular weight is 284 g/mol. The zero-order valence-corrected chi connectivity index (χ0v) is 11.6. The molecule has 0 saturated heterocycles. The fourth-order valence-electron chi connectivity index (χ4n) is 2.93. The quantitative estimate of drug-likeness (QED) is 0.910. The van der Waals surface area contributed by atoms with Crippen LogP contribution in [0, 0.1) is 5.82 Å². The van der Waals surface area contributed by atoms with Gasteiger partial charge in [0, 0.05) is 6.42 Å². The van der Waals surface area contributed by atoms with E-state index in [1.54, 1.807) is 18.2 Å². The minimum absolute atomic E-state index is 0.315. The number of benzene rings is 2. The number of anilines is 1. The summed E-state index contributed by atoms with van der Waals surface area (Å²) in [7, 11) is 0. The zero-order chi connectivity index (χ0) is 14.9. The van der Waals surface area contributed by atoms with E-state index in [0.717, 1.165) is 12.0 Å². The number of carbonyl (C=O) groups is 1. The molecular weight excluding hydrogens is 267 g/mol. The monoisotopic (exact) mass is 284 g/mol. The van der Waals surface area contributed by atoms with Crippen LogP contribution in [0.3, 0.4) is 0 Å². The molecule has 0 fully saturated rings. The molecule has 0 heterocycles. The summed E-state index contributed by atoms with van der Waals surface area (Å²) in [5.74, 6) is -0.822. The van der Waals surface area contributed by atoms with Crippen molar-refractivity contribution in [3.05, 3.63) is 65.5 Å². The van der Waals surface area contributed by atoms with Gasteiger partial charge >= 0.3 is 0 Å². The SMILES string of the molecule is NC(=O)C1(Nc2ccccc2F)CCc2ccccc2C1. The van der Waals surface area contributed by atoms with Crippen LogP contribution in [0.5, 0.6) is 0 Å². The Morgan fingerprint density at radius 2 is 1.76 bits per heavy atom. The van der Waals surface area contributed by atoms with Gasteiger partial charge in [-0.15, -0.1) is 0 Å². The first-order valence-electron chi connectivity index (χ1n) is 7.00. The van der Waals surface area contributed by atoms with E-state index in [9.17, 15) is 9.18 Å². The van der Waals surface area contributed by atoms with Gasteiger partial charge in [0.2, 0.25) is 5.91 Å². The second-order valence-electron chi connectivity index (χ2n) is 5.50. The van der Waals surface area contributed by atoms with E-state index in [-0.39, 0.29) is 5.82 Å². The van der Waals surface area contributed by atoms with Crippen LogP contribution in [-0.4, -0.2) is 11.4 Å². The maximum atomic E-state index is 13.9. The lowest BCUT2D eigenvalue weighted by Gasteiger charge is -2.37. The predicted molar refractivity (Wildman–Crippen MR) is 80.4 cm³/mol. The molecule has 1 atom stereocenters. The summed E-state index contributed by atoms with van der Waals surface area (Å²) >= 11 is 0. The Morgan fingerprint density at radius 3 is 2.48 bits per heavy atom. The number of para-hydroxylation sites is 1. The third-order valence-electron chi connectivity index (χ3n) is 4.15. The van der Waals surface area contributed by atoms with Crippen molar-refractivity contribution in [2.24, 2.45) is 5.73 Å². The first kappa shape index (κ1) is 13.6. The molecular formula is C17H17FN2O. The van der Waals surface area contributed by atoms with Crippen LogP contribution in [0.25, 0.3) is 0 Å². The Bertz CT molecular complexity index is 686. The molecule has 2 aromatic carbocycles. The molecule has 0 saturated carbocycles. The first-order chi connectivity index (χ1) is 10.1. The van der Waals surface area contributed by atoms with Crippen molar-refractivity contribution in [3.63, 3.8) is 0 Å². The molecule has 1 aliphatic carbocycles. The van der Waals surface area contributed by atoms with E-state index >= 15 is 0 Å². The molecule has 0 radical (unpaired) electrons. The molecule has 0 bridgehead atoms.